The van der Waals surface area contributed by atoms with Gasteiger partial charge in [-0.3, -0.25) is 19.3 Å². The summed E-state index contributed by atoms with van der Waals surface area (Å²) in [5.41, 5.74) is 7.43. The van der Waals surface area contributed by atoms with Crippen LogP contribution in [0.5, 0.6) is 0 Å². The number of primary amides is 1. The van der Waals surface area contributed by atoms with E-state index < -0.39 is 5.91 Å². The lowest BCUT2D eigenvalue weighted by Crippen LogP contribution is -2.15. The van der Waals surface area contributed by atoms with Crippen LogP contribution < -0.4 is 5.73 Å². The topological polar surface area (TPSA) is 93.8 Å². The molecule has 0 atom stereocenters. The zero-order valence-corrected chi connectivity index (χ0v) is 12.9. The molecule has 2 aliphatic carbocycles. The van der Waals surface area contributed by atoms with E-state index in [-0.39, 0.29) is 11.7 Å². The van der Waals surface area contributed by atoms with E-state index in [1.54, 1.807) is 16.8 Å². The molecule has 0 aromatic carbocycles. The van der Waals surface area contributed by atoms with Crippen LogP contribution in [0.25, 0.3) is 5.82 Å². The third-order valence-electron chi connectivity index (χ3n) is 4.93. The van der Waals surface area contributed by atoms with Gasteiger partial charge in [-0.1, -0.05) is 12.8 Å². The van der Waals surface area contributed by atoms with E-state index in [1.807, 2.05) is 6.07 Å². The molecular weight excluding hydrogens is 292 g/mol. The third-order valence-corrected chi connectivity index (χ3v) is 4.93. The Morgan fingerprint density at radius 2 is 1.91 bits per heavy atom. The Morgan fingerprint density at radius 1 is 1.17 bits per heavy atom. The highest BCUT2D eigenvalue weighted by atomic mass is 16.1. The molecule has 2 aliphatic rings. The molecule has 0 saturated heterocycles. The smallest absolute Gasteiger partial charge is 0.265 e. The minimum atomic E-state index is -0.550. The van der Waals surface area contributed by atoms with Crippen molar-refractivity contribution in [1.29, 1.82) is 0 Å². The van der Waals surface area contributed by atoms with Crippen molar-refractivity contribution < 1.29 is 9.59 Å². The number of nitrogens with one attached hydrogen (secondary N) is 1. The van der Waals surface area contributed by atoms with E-state index in [9.17, 15) is 9.59 Å². The number of aromatic nitrogens is 3. The minimum Gasteiger partial charge on any atom is -0.364 e. The van der Waals surface area contributed by atoms with Crippen molar-refractivity contribution in [2.45, 2.75) is 44.4 Å². The van der Waals surface area contributed by atoms with E-state index in [0.29, 0.717) is 23.0 Å². The number of rotatable bonds is 5. The van der Waals surface area contributed by atoms with Gasteiger partial charge in [-0.05, 0) is 31.7 Å². The van der Waals surface area contributed by atoms with E-state index in [4.69, 9.17) is 5.73 Å². The lowest BCUT2D eigenvalue weighted by atomic mass is 9.98. The number of Topliss-reactive ketones (excluding diaryl/α,β-unsaturated/α-hetero) is 1. The Labute approximate surface area is 134 Å². The molecule has 0 spiro atoms. The van der Waals surface area contributed by atoms with Gasteiger partial charge >= 0.3 is 0 Å². The number of amides is 1. The normalized spacial score (nSPS) is 18.4. The second kappa shape index (κ2) is 5.37. The predicted molar refractivity (Wildman–Crippen MR) is 84.7 cm³/mol. The monoisotopic (exact) mass is 312 g/mol. The number of nitrogens with zero attached hydrogens (tertiary/aromatic N) is 2. The first-order valence-corrected chi connectivity index (χ1v) is 8.25. The molecular formula is C17H20N4O2. The number of hydrogen-bond acceptors (Lipinski definition) is 3. The molecule has 4 rings (SSSR count). The average molecular weight is 312 g/mol. The number of carbonyl (C=O) groups excluding carboxylic acids is 2. The van der Waals surface area contributed by atoms with Gasteiger partial charge in [0.25, 0.3) is 5.91 Å². The van der Waals surface area contributed by atoms with Crippen LogP contribution in [0.2, 0.25) is 0 Å². The van der Waals surface area contributed by atoms with Gasteiger partial charge < -0.3 is 5.73 Å². The fourth-order valence-electron chi connectivity index (χ4n) is 3.45. The molecule has 0 aliphatic heterocycles. The van der Waals surface area contributed by atoms with Crippen molar-refractivity contribution in [1.82, 2.24) is 14.8 Å². The molecule has 1 amide bonds. The Hall–Kier alpha value is -2.37. The Morgan fingerprint density at radius 3 is 2.57 bits per heavy atom. The number of ketones is 1. The van der Waals surface area contributed by atoms with Gasteiger partial charge in [-0.25, -0.2) is 0 Å². The van der Waals surface area contributed by atoms with E-state index >= 15 is 0 Å². The minimum absolute atomic E-state index is 0.0767. The molecule has 6 heteroatoms. The quantitative estimate of drug-likeness (QED) is 0.831. The van der Waals surface area contributed by atoms with Crippen molar-refractivity contribution in [2.75, 3.05) is 0 Å². The van der Waals surface area contributed by atoms with Crippen LogP contribution >= 0.6 is 0 Å². The second-order valence-corrected chi connectivity index (χ2v) is 6.65. The van der Waals surface area contributed by atoms with E-state index in [2.05, 4.69) is 10.2 Å². The summed E-state index contributed by atoms with van der Waals surface area (Å²) in [6.45, 7) is 0. The largest absolute Gasteiger partial charge is 0.364 e. The van der Waals surface area contributed by atoms with Crippen LogP contribution in [-0.4, -0.2) is 26.5 Å². The van der Waals surface area contributed by atoms with Crippen molar-refractivity contribution in [3.63, 3.8) is 0 Å². The van der Waals surface area contributed by atoms with Crippen LogP contribution in [0.15, 0.2) is 18.3 Å². The molecule has 2 saturated carbocycles. The number of aromatic amines is 1. The molecule has 6 nitrogen and oxygen atoms in total. The maximum Gasteiger partial charge on any atom is 0.265 e. The summed E-state index contributed by atoms with van der Waals surface area (Å²) in [6.07, 6.45) is 8.11. The van der Waals surface area contributed by atoms with Gasteiger partial charge in [-0.15, -0.1) is 0 Å². The fourth-order valence-corrected chi connectivity index (χ4v) is 3.45. The maximum atomic E-state index is 12.6. The van der Waals surface area contributed by atoms with Gasteiger partial charge in [0.15, 0.2) is 11.6 Å². The highest BCUT2D eigenvalue weighted by molar-refractivity contribution is 6.01. The highest BCUT2D eigenvalue weighted by Crippen LogP contribution is 2.39. The zero-order chi connectivity index (χ0) is 16.0. The summed E-state index contributed by atoms with van der Waals surface area (Å²) in [4.78, 5) is 24.4. The van der Waals surface area contributed by atoms with Crippen molar-refractivity contribution in [2.24, 2.45) is 11.7 Å². The predicted octanol–water partition coefficient (Wildman–Crippen LogP) is 2.55. The first-order valence-electron chi connectivity index (χ1n) is 8.25. The first kappa shape index (κ1) is 14.2. The summed E-state index contributed by atoms with van der Waals surface area (Å²) in [6, 6.07) is 3.54. The van der Waals surface area contributed by atoms with Crippen molar-refractivity contribution in [3.05, 3.63) is 35.3 Å². The van der Waals surface area contributed by atoms with Crippen molar-refractivity contribution >= 4 is 11.7 Å². The second-order valence-electron chi connectivity index (χ2n) is 6.65. The van der Waals surface area contributed by atoms with Gasteiger partial charge in [0.05, 0.1) is 0 Å². The molecule has 23 heavy (non-hydrogen) atoms. The SMILES string of the molecule is NC(=O)c1cc(C(=O)C2CCCC2)cn1-c1cc(C2CC2)[nH]n1. The molecule has 0 bridgehead atoms. The number of hydrogen-bond donors (Lipinski definition) is 2. The fraction of sp³-hybridized carbons (Fsp3) is 0.471. The summed E-state index contributed by atoms with van der Waals surface area (Å²) in [5, 5.41) is 7.30. The molecule has 0 unspecified atom stereocenters. The Balaban J connectivity index is 1.69. The number of H-pyrrole nitrogens is 1. The lowest BCUT2D eigenvalue weighted by Gasteiger charge is -2.05. The van der Waals surface area contributed by atoms with Crippen molar-refractivity contribution in [3.8, 4) is 5.82 Å². The molecule has 2 aromatic heterocycles. The van der Waals surface area contributed by atoms with Crippen LogP contribution in [0.4, 0.5) is 0 Å². The van der Waals surface area contributed by atoms with Gasteiger partial charge in [-0.2, -0.15) is 5.10 Å². The molecule has 2 fully saturated rings. The summed E-state index contributed by atoms with van der Waals surface area (Å²) < 4.78 is 1.63. The molecule has 2 aromatic rings. The number of nitrogens with two attached hydrogens (primary N) is 1. The van der Waals surface area contributed by atoms with Crippen LogP contribution in [0.1, 0.15) is 71.0 Å². The molecule has 2 heterocycles. The zero-order valence-electron chi connectivity index (χ0n) is 12.9. The molecule has 3 N–H and O–H groups in total. The van der Waals surface area contributed by atoms with Gasteiger partial charge in [0.2, 0.25) is 0 Å². The Bertz CT molecular complexity index is 763. The van der Waals surface area contributed by atoms with Crippen LogP contribution in [-0.2, 0) is 0 Å². The van der Waals surface area contributed by atoms with Gasteiger partial charge in [0.1, 0.15) is 5.69 Å². The summed E-state index contributed by atoms with van der Waals surface area (Å²) in [7, 11) is 0. The lowest BCUT2D eigenvalue weighted by molar-refractivity contribution is 0.0922. The van der Waals surface area contributed by atoms with E-state index in [0.717, 1.165) is 31.4 Å². The third kappa shape index (κ3) is 2.58. The number of carbonyl (C=O) groups is 2. The van der Waals surface area contributed by atoms with E-state index in [1.165, 1.54) is 12.8 Å². The van der Waals surface area contributed by atoms with Gasteiger partial charge in [0, 0.05) is 35.4 Å². The first-order chi connectivity index (χ1) is 11.1. The summed E-state index contributed by atoms with van der Waals surface area (Å²) in [5.74, 6) is 0.801. The maximum absolute atomic E-state index is 12.6. The average Bonchev–Trinajstić information content (AvgIpc) is 3.03. The highest BCUT2D eigenvalue weighted by Gasteiger charge is 2.28. The standard InChI is InChI=1S/C17H20N4O2/c18-17(23)14-7-12(16(22)11-3-1-2-4-11)9-21(14)15-8-13(19-20-15)10-5-6-10/h7-11H,1-6H2,(H2,18,23)(H,19,20). The Kier molecular flexibility index (Phi) is 3.32. The summed E-state index contributed by atoms with van der Waals surface area (Å²) >= 11 is 0. The molecule has 0 radical (unpaired) electrons. The molecule has 120 valence electrons. The van der Waals surface area contributed by atoms with Crippen LogP contribution in [0.3, 0.4) is 0 Å². The van der Waals surface area contributed by atoms with Crippen LogP contribution in [0, 0.1) is 5.92 Å².